The van der Waals surface area contributed by atoms with Crippen molar-refractivity contribution in [3.63, 3.8) is 0 Å². The summed E-state index contributed by atoms with van der Waals surface area (Å²) in [7, 11) is -2.13. The minimum atomic E-state index is -1.76. The first-order valence-electron chi connectivity index (χ1n) is 7.37. The molecule has 0 aromatic carbocycles. The van der Waals surface area contributed by atoms with Gasteiger partial charge in [0.15, 0.2) is 8.32 Å². The van der Waals surface area contributed by atoms with E-state index in [0.717, 1.165) is 5.47 Å². The highest BCUT2D eigenvalue weighted by Crippen LogP contribution is 2.39. The van der Waals surface area contributed by atoms with Crippen LogP contribution in [0.2, 0.25) is 18.1 Å². The Morgan fingerprint density at radius 1 is 1.10 bits per heavy atom. The van der Waals surface area contributed by atoms with E-state index in [9.17, 15) is 0 Å². The van der Waals surface area contributed by atoms with Crippen LogP contribution in [-0.2, 0) is 13.7 Å². The van der Waals surface area contributed by atoms with Crippen molar-refractivity contribution < 1.29 is 13.7 Å². The van der Waals surface area contributed by atoms with Crippen LogP contribution in [0.15, 0.2) is 12.1 Å². The van der Waals surface area contributed by atoms with E-state index in [1.807, 2.05) is 0 Å². The molecule has 5 heteroatoms. The van der Waals surface area contributed by atoms with Gasteiger partial charge in [0.05, 0.1) is 17.8 Å². The number of rotatable bonds is 4. The summed E-state index contributed by atoms with van der Waals surface area (Å²) in [5.41, 5.74) is 0.225. The van der Waals surface area contributed by atoms with Gasteiger partial charge < -0.3 is 13.7 Å². The van der Waals surface area contributed by atoms with Crippen LogP contribution in [0.25, 0.3) is 0 Å². The van der Waals surface area contributed by atoms with Gasteiger partial charge in [-0.05, 0) is 51.3 Å². The Hall–Kier alpha value is -0.0982. The van der Waals surface area contributed by atoms with Crippen LogP contribution in [0.4, 0.5) is 0 Å². The van der Waals surface area contributed by atoms with Crippen LogP contribution in [0.1, 0.15) is 48.5 Å². The Kier molecular flexibility index (Phi) is 4.73. The maximum atomic E-state index is 6.18. The van der Waals surface area contributed by atoms with E-state index in [0.29, 0.717) is 6.61 Å². The summed E-state index contributed by atoms with van der Waals surface area (Å²) in [5, 5.41) is 0.198. The fraction of sp³-hybridized carbons (Fsp3) is 0.867. The van der Waals surface area contributed by atoms with E-state index in [-0.39, 0.29) is 23.4 Å². The Labute approximate surface area is 126 Å². The third-order valence-electron chi connectivity index (χ3n) is 5.01. The molecule has 0 amide bonds. The molecule has 0 aromatic rings. The van der Waals surface area contributed by atoms with Crippen LogP contribution >= 0.6 is 0 Å². The molecule has 20 heavy (non-hydrogen) atoms. The average molecular weight is 298 g/mol. The molecule has 0 saturated carbocycles. The first kappa shape index (κ1) is 18.0. The SMILES string of the molecule is C=C(CO[Si](C)(C)C(C)(C)C)B1OC(C)(C)C(C)(C)O1. The van der Waals surface area contributed by atoms with Gasteiger partial charge in [0.25, 0.3) is 0 Å². The Morgan fingerprint density at radius 3 is 1.85 bits per heavy atom. The van der Waals surface area contributed by atoms with Gasteiger partial charge in [0, 0.05) is 0 Å². The molecule has 0 aliphatic carbocycles. The fourth-order valence-corrected chi connectivity index (χ4v) is 2.55. The number of hydrogen-bond acceptors (Lipinski definition) is 3. The lowest BCUT2D eigenvalue weighted by Gasteiger charge is -2.36. The van der Waals surface area contributed by atoms with Gasteiger partial charge in [-0.3, -0.25) is 0 Å². The summed E-state index contributed by atoms with van der Waals surface area (Å²) >= 11 is 0. The van der Waals surface area contributed by atoms with E-state index in [1.165, 1.54) is 0 Å². The highest BCUT2D eigenvalue weighted by atomic mass is 28.4. The predicted octanol–water partition coefficient (Wildman–Crippen LogP) is 4.20. The van der Waals surface area contributed by atoms with Crippen LogP contribution in [0, 0.1) is 0 Å². The van der Waals surface area contributed by atoms with Gasteiger partial charge in [-0.15, -0.1) is 6.58 Å². The highest BCUT2D eigenvalue weighted by molar-refractivity contribution is 6.74. The second-order valence-corrected chi connectivity index (χ2v) is 13.1. The van der Waals surface area contributed by atoms with E-state index in [4.69, 9.17) is 13.7 Å². The number of hydrogen-bond donors (Lipinski definition) is 0. The third-order valence-corrected chi connectivity index (χ3v) is 9.49. The molecule has 0 aromatic heterocycles. The molecule has 0 atom stereocenters. The Balaban J connectivity index is 2.63. The normalized spacial score (nSPS) is 22.1. The van der Waals surface area contributed by atoms with Crippen LogP contribution in [-0.4, -0.2) is 33.2 Å². The van der Waals surface area contributed by atoms with E-state index in [2.05, 4.69) is 68.1 Å². The molecule has 0 spiro atoms. The molecule has 1 rings (SSSR count). The zero-order valence-corrected chi connectivity index (χ0v) is 15.7. The lowest BCUT2D eigenvalue weighted by atomic mass is 9.80. The maximum absolute atomic E-state index is 6.18. The maximum Gasteiger partial charge on any atom is 0.492 e. The topological polar surface area (TPSA) is 27.7 Å². The van der Waals surface area contributed by atoms with Crippen molar-refractivity contribution in [2.24, 2.45) is 0 Å². The highest BCUT2D eigenvalue weighted by Gasteiger charge is 2.52. The van der Waals surface area contributed by atoms with Crippen molar-refractivity contribution in [2.75, 3.05) is 6.61 Å². The zero-order chi connectivity index (χ0) is 16.0. The van der Waals surface area contributed by atoms with Crippen molar-refractivity contribution in [2.45, 2.75) is 77.8 Å². The lowest BCUT2D eigenvalue weighted by molar-refractivity contribution is 0.00578. The van der Waals surface area contributed by atoms with Crippen molar-refractivity contribution in [3.05, 3.63) is 12.1 Å². The third kappa shape index (κ3) is 3.56. The van der Waals surface area contributed by atoms with Gasteiger partial charge in [0.1, 0.15) is 0 Å². The van der Waals surface area contributed by atoms with Crippen molar-refractivity contribution in [1.82, 2.24) is 0 Å². The van der Waals surface area contributed by atoms with Crippen molar-refractivity contribution >= 4 is 15.4 Å². The quantitative estimate of drug-likeness (QED) is 0.728. The van der Waals surface area contributed by atoms with E-state index < -0.39 is 8.32 Å². The predicted molar refractivity (Wildman–Crippen MR) is 88.4 cm³/mol. The summed E-state index contributed by atoms with van der Waals surface area (Å²) in [5.74, 6) is 0. The molecular formula is C15H31BO3Si. The average Bonchev–Trinajstić information content (AvgIpc) is 2.43. The second kappa shape index (κ2) is 5.27. The molecule has 0 bridgehead atoms. The molecule has 1 saturated heterocycles. The van der Waals surface area contributed by atoms with Crippen molar-refractivity contribution in [1.29, 1.82) is 0 Å². The summed E-state index contributed by atoms with van der Waals surface area (Å²) in [4.78, 5) is 0. The van der Waals surface area contributed by atoms with Crippen molar-refractivity contribution in [3.8, 4) is 0 Å². The smallest absolute Gasteiger partial charge is 0.414 e. The van der Waals surface area contributed by atoms with Gasteiger partial charge in [-0.2, -0.15) is 0 Å². The standard InChI is InChI=1S/C15H31BO3Si/c1-12(11-17-20(9,10)13(2,3)4)16-18-14(5,6)15(7,8)19-16/h1,11H2,2-10H3. The molecule has 1 aliphatic rings. The minimum absolute atomic E-state index is 0.198. The second-order valence-electron chi connectivity index (χ2n) is 8.30. The van der Waals surface area contributed by atoms with Gasteiger partial charge in [-0.1, -0.05) is 20.8 Å². The fourth-order valence-electron chi connectivity index (χ4n) is 1.57. The van der Waals surface area contributed by atoms with Gasteiger partial charge >= 0.3 is 7.12 Å². The monoisotopic (exact) mass is 298 g/mol. The minimum Gasteiger partial charge on any atom is -0.414 e. The van der Waals surface area contributed by atoms with Crippen LogP contribution in [0.3, 0.4) is 0 Å². The molecule has 3 nitrogen and oxygen atoms in total. The van der Waals surface area contributed by atoms with E-state index in [1.54, 1.807) is 0 Å². The molecule has 1 heterocycles. The molecular weight excluding hydrogens is 267 g/mol. The molecule has 1 aliphatic heterocycles. The summed E-state index contributed by atoms with van der Waals surface area (Å²) in [6, 6.07) is 0. The molecule has 116 valence electrons. The zero-order valence-electron chi connectivity index (χ0n) is 14.7. The Bertz CT molecular complexity index is 367. The first-order chi connectivity index (χ1) is 8.70. The largest absolute Gasteiger partial charge is 0.492 e. The molecule has 0 N–H and O–H groups in total. The van der Waals surface area contributed by atoms with Gasteiger partial charge in [0.2, 0.25) is 0 Å². The first-order valence-corrected chi connectivity index (χ1v) is 10.3. The molecule has 0 radical (unpaired) electrons. The molecule has 1 fully saturated rings. The van der Waals surface area contributed by atoms with Crippen LogP contribution < -0.4 is 0 Å². The summed E-state index contributed by atoms with van der Waals surface area (Å²) in [6.45, 7) is 24.0. The Morgan fingerprint density at radius 2 is 1.50 bits per heavy atom. The summed E-state index contributed by atoms with van der Waals surface area (Å²) in [6.07, 6.45) is 0. The van der Waals surface area contributed by atoms with Crippen LogP contribution in [0.5, 0.6) is 0 Å². The van der Waals surface area contributed by atoms with E-state index >= 15 is 0 Å². The molecule has 0 unspecified atom stereocenters. The lowest BCUT2D eigenvalue weighted by Crippen LogP contribution is -2.42. The summed E-state index contributed by atoms with van der Waals surface area (Å²) < 4.78 is 18.2. The van der Waals surface area contributed by atoms with Gasteiger partial charge in [-0.25, -0.2) is 0 Å².